The number of rotatable bonds is 7. The molecule has 3 aromatic rings. The number of fused-ring (bicyclic) bond motifs is 1. The van der Waals surface area contributed by atoms with Gasteiger partial charge in [0.15, 0.2) is 0 Å². The molecule has 0 atom stereocenters. The lowest BCUT2D eigenvalue weighted by molar-refractivity contribution is 0.103. The number of ketones is 1. The Morgan fingerprint density at radius 1 is 1.37 bits per heavy atom. The number of nitriles is 1. The van der Waals surface area contributed by atoms with E-state index in [1.165, 1.54) is 6.92 Å². The number of hydrogen-bond donors (Lipinski definition) is 1. The third kappa shape index (κ3) is 3.84. The van der Waals surface area contributed by atoms with Crippen molar-refractivity contribution in [1.82, 2.24) is 4.57 Å². The van der Waals surface area contributed by atoms with Gasteiger partial charge >= 0.3 is 0 Å². The molecule has 1 N–H and O–H groups in total. The first-order chi connectivity index (χ1) is 14.3. The van der Waals surface area contributed by atoms with Crippen LogP contribution >= 0.6 is 34.5 Å². The fourth-order valence-corrected chi connectivity index (χ4v) is 5.13. The summed E-state index contributed by atoms with van der Waals surface area (Å²) < 4.78 is 7.02. The monoisotopic (exact) mass is 464 g/mol. The van der Waals surface area contributed by atoms with E-state index in [1.807, 2.05) is 13.0 Å². The van der Waals surface area contributed by atoms with Gasteiger partial charge in [-0.1, -0.05) is 29.3 Å². The lowest BCUT2D eigenvalue weighted by atomic mass is 10.0. The Hall–Kier alpha value is -2.37. The predicted octanol–water partition coefficient (Wildman–Crippen LogP) is 4.91. The number of nitrogens with zero attached hydrogens (tertiary/aromatic N) is 2. The van der Waals surface area contributed by atoms with E-state index in [4.69, 9.17) is 27.9 Å². The van der Waals surface area contributed by atoms with Crippen LogP contribution in [0.4, 0.5) is 0 Å². The number of benzene rings is 1. The lowest BCUT2D eigenvalue weighted by Gasteiger charge is -2.15. The summed E-state index contributed by atoms with van der Waals surface area (Å²) in [7, 11) is 0. The molecule has 2 aromatic heterocycles. The van der Waals surface area contributed by atoms with E-state index in [1.54, 1.807) is 18.2 Å². The van der Waals surface area contributed by atoms with Crippen LogP contribution in [0.5, 0.6) is 5.88 Å². The molecular weight excluding hydrogens is 447 g/mol. The van der Waals surface area contributed by atoms with Crippen molar-refractivity contribution in [3.05, 3.63) is 60.2 Å². The van der Waals surface area contributed by atoms with Crippen molar-refractivity contribution >= 4 is 50.4 Å². The second kappa shape index (κ2) is 9.19. The third-order valence-electron chi connectivity index (χ3n) is 4.71. The summed E-state index contributed by atoms with van der Waals surface area (Å²) in [5.41, 5.74) is -0.841. The fraction of sp³-hybridized carbons (Fsp3) is 0.286. The number of thiophene rings is 1. The summed E-state index contributed by atoms with van der Waals surface area (Å²) in [6, 6.07) is 7.06. The minimum absolute atomic E-state index is 0.103. The number of aromatic hydroxyl groups is 1. The summed E-state index contributed by atoms with van der Waals surface area (Å²) in [5.74, 6) is -1.06. The molecule has 2 heterocycles. The molecular formula is C21H18Cl2N2O4S. The molecule has 0 bridgehead atoms. The van der Waals surface area contributed by atoms with Gasteiger partial charge in [0.05, 0.1) is 20.5 Å². The van der Waals surface area contributed by atoms with Crippen molar-refractivity contribution in [2.45, 2.75) is 26.8 Å². The van der Waals surface area contributed by atoms with Gasteiger partial charge in [0.1, 0.15) is 11.6 Å². The van der Waals surface area contributed by atoms with Crippen molar-refractivity contribution in [3.63, 3.8) is 0 Å². The van der Waals surface area contributed by atoms with E-state index in [-0.39, 0.29) is 33.1 Å². The molecule has 0 saturated carbocycles. The molecule has 0 spiro atoms. The van der Waals surface area contributed by atoms with E-state index in [9.17, 15) is 20.0 Å². The van der Waals surface area contributed by atoms with Crippen LogP contribution in [0.1, 0.15) is 39.7 Å². The molecule has 9 heteroatoms. The number of carbonyl (C=O) groups excluding carboxylic acids is 1. The Labute approximate surface area is 186 Å². The fourth-order valence-electron chi connectivity index (χ4n) is 3.23. The van der Waals surface area contributed by atoms with Crippen molar-refractivity contribution in [1.29, 1.82) is 5.26 Å². The van der Waals surface area contributed by atoms with Gasteiger partial charge in [0, 0.05) is 29.8 Å². The number of ether oxygens (including phenoxy) is 1. The van der Waals surface area contributed by atoms with Crippen LogP contribution in [0, 0.1) is 18.3 Å². The smallest absolute Gasteiger partial charge is 0.271 e. The summed E-state index contributed by atoms with van der Waals surface area (Å²) in [6.45, 7) is 4.32. The van der Waals surface area contributed by atoms with Crippen LogP contribution < -0.4 is 5.56 Å². The topological polar surface area (TPSA) is 92.3 Å². The summed E-state index contributed by atoms with van der Waals surface area (Å²) in [4.78, 5) is 26.2. The predicted molar refractivity (Wildman–Crippen MR) is 118 cm³/mol. The molecule has 0 aliphatic carbocycles. The van der Waals surface area contributed by atoms with Gasteiger partial charge in [-0.15, -0.1) is 11.3 Å². The van der Waals surface area contributed by atoms with Crippen molar-refractivity contribution in [2.24, 2.45) is 0 Å². The summed E-state index contributed by atoms with van der Waals surface area (Å²) in [5, 5.41) is 21.4. The molecule has 0 unspecified atom stereocenters. The average molecular weight is 465 g/mol. The van der Waals surface area contributed by atoms with Gasteiger partial charge in [-0.3, -0.25) is 14.2 Å². The van der Waals surface area contributed by atoms with Crippen molar-refractivity contribution < 1.29 is 14.6 Å². The second-order valence-electron chi connectivity index (χ2n) is 6.50. The highest BCUT2D eigenvalue weighted by Gasteiger charge is 2.28. The Morgan fingerprint density at radius 2 is 2.10 bits per heavy atom. The zero-order valence-electron chi connectivity index (χ0n) is 16.3. The maximum atomic E-state index is 13.4. The SMILES string of the molecule is CCOCCCn1c(O)c(C(=O)c2sc3cccc(Cl)c3c2Cl)c(C)c(C#N)c1=O. The summed E-state index contributed by atoms with van der Waals surface area (Å²) >= 11 is 13.8. The third-order valence-corrected chi connectivity index (χ3v) is 6.67. The highest BCUT2D eigenvalue weighted by Crippen LogP contribution is 2.41. The molecule has 0 aliphatic rings. The normalized spacial score (nSPS) is 11.0. The molecule has 0 aliphatic heterocycles. The molecule has 0 fully saturated rings. The summed E-state index contributed by atoms with van der Waals surface area (Å²) in [6.07, 6.45) is 0.433. The number of halogens is 2. The quantitative estimate of drug-likeness (QED) is 0.395. The van der Waals surface area contributed by atoms with Crippen LogP contribution in [-0.4, -0.2) is 28.7 Å². The zero-order valence-corrected chi connectivity index (χ0v) is 18.6. The lowest BCUT2D eigenvalue weighted by Crippen LogP contribution is -2.27. The molecule has 1 aromatic carbocycles. The molecule has 0 radical (unpaired) electrons. The largest absolute Gasteiger partial charge is 0.494 e. The van der Waals surface area contributed by atoms with Crippen LogP contribution in [-0.2, 0) is 11.3 Å². The van der Waals surface area contributed by atoms with Gasteiger partial charge in [0.25, 0.3) is 5.56 Å². The van der Waals surface area contributed by atoms with E-state index < -0.39 is 17.2 Å². The van der Waals surface area contributed by atoms with Gasteiger partial charge in [-0.25, -0.2) is 0 Å². The average Bonchev–Trinajstić information content (AvgIpc) is 3.05. The van der Waals surface area contributed by atoms with E-state index >= 15 is 0 Å². The van der Waals surface area contributed by atoms with Crippen LogP contribution in [0.15, 0.2) is 23.0 Å². The number of carbonyl (C=O) groups is 1. The van der Waals surface area contributed by atoms with E-state index in [0.29, 0.717) is 30.0 Å². The maximum Gasteiger partial charge on any atom is 0.271 e. The number of pyridine rings is 1. The zero-order chi connectivity index (χ0) is 22.0. The molecule has 156 valence electrons. The minimum atomic E-state index is -0.647. The van der Waals surface area contributed by atoms with Gasteiger partial charge in [-0.2, -0.15) is 5.26 Å². The Bertz CT molecular complexity index is 1240. The Kier molecular flexibility index (Phi) is 6.84. The molecule has 6 nitrogen and oxygen atoms in total. The first-order valence-electron chi connectivity index (χ1n) is 9.18. The van der Waals surface area contributed by atoms with E-state index in [0.717, 1.165) is 20.6 Å². The Morgan fingerprint density at radius 3 is 2.73 bits per heavy atom. The standard InChI is InChI=1S/C21H18Cl2N2O4S/c1-3-29-9-5-8-25-20(27)12(10-24)11(2)15(21(25)28)18(26)19-17(23)16-13(22)6-4-7-14(16)30-19/h4,6-7,28H,3,5,8-9H2,1-2H3. The first-order valence-corrected chi connectivity index (χ1v) is 10.8. The van der Waals surface area contributed by atoms with Gasteiger partial charge in [0.2, 0.25) is 11.7 Å². The van der Waals surface area contributed by atoms with Crippen LogP contribution in [0.3, 0.4) is 0 Å². The molecule has 30 heavy (non-hydrogen) atoms. The van der Waals surface area contributed by atoms with E-state index in [2.05, 4.69) is 0 Å². The minimum Gasteiger partial charge on any atom is -0.494 e. The highest BCUT2D eigenvalue weighted by molar-refractivity contribution is 7.22. The number of aromatic nitrogens is 1. The van der Waals surface area contributed by atoms with Gasteiger partial charge < -0.3 is 9.84 Å². The molecule has 3 rings (SSSR count). The van der Waals surface area contributed by atoms with Crippen LogP contribution in [0.25, 0.3) is 10.1 Å². The highest BCUT2D eigenvalue weighted by atomic mass is 35.5. The van der Waals surface area contributed by atoms with Crippen molar-refractivity contribution in [2.75, 3.05) is 13.2 Å². The Balaban J connectivity index is 2.17. The number of hydrogen-bond acceptors (Lipinski definition) is 6. The van der Waals surface area contributed by atoms with Gasteiger partial charge in [-0.05, 0) is 38.0 Å². The molecule has 0 amide bonds. The molecule has 0 saturated heterocycles. The van der Waals surface area contributed by atoms with Crippen molar-refractivity contribution in [3.8, 4) is 11.9 Å². The van der Waals surface area contributed by atoms with Crippen LogP contribution in [0.2, 0.25) is 10.0 Å². The first kappa shape index (κ1) is 22.3. The second-order valence-corrected chi connectivity index (χ2v) is 8.34. The maximum absolute atomic E-state index is 13.4.